The molecule has 2 rings (SSSR count). The van der Waals surface area contributed by atoms with Gasteiger partial charge in [0.15, 0.2) is 0 Å². The van der Waals surface area contributed by atoms with Crippen LogP contribution in [0.3, 0.4) is 0 Å². The average Bonchev–Trinajstić information content (AvgIpc) is 2.34. The fourth-order valence-electron chi connectivity index (χ4n) is 0.832. The van der Waals surface area contributed by atoms with Gasteiger partial charge in [-0.05, 0) is 57.3 Å². The quantitative estimate of drug-likeness (QED) is 0.421. The van der Waals surface area contributed by atoms with Crippen molar-refractivity contribution < 1.29 is 4.39 Å². The Kier molecular flexibility index (Phi) is 6.82. The lowest BCUT2D eigenvalue weighted by Crippen LogP contribution is -1.91. The third kappa shape index (κ3) is 4.63. The summed E-state index contributed by atoms with van der Waals surface area (Å²) in [6.45, 7) is 0. The molecule has 0 atom stereocenters. The molecule has 2 heterocycles. The Morgan fingerprint density at radius 3 is 1.89 bits per heavy atom. The molecule has 0 fully saturated rings. The number of nitrogen functional groups attached to an aromatic ring is 1. The molecule has 2 N–H and O–H groups in total. The largest absolute Gasteiger partial charge is 0.382 e. The summed E-state index contributed by atoms with van der Waals surface area (Å²) >= 11 is 15.2. The van der Waals surface area contributed by atoms with E-state index in [2.05, 4.69) is 32.6 Å². The van der Waals surface area contributed by atoms with E-state index in [1.165, 1.54) is 6.20 Å². The molecule has 0 unspecified atom stereocenters. The number of nitrogens with zero attached hydrogens (tertiary/aromatic N) is 2. The van der Waals surface area contributed by atoms with E-state index in [-0.39, 0.29) is 5.02 Å². The van der Waals surface area contributed by atoms with Crippen LogP contribution in [0, 0.1) is 13.1 Å². The molecule has 2 aromatic rings. The predicted octanol–water partition coefficient (Wildman–Crippen LogP) is 4.40. The molecular formula is C10H6Cl2FI2N3. The Labute approximate surface area is 141 Å². The fourth-order valence-corrected chi connectivity index (χ4v) is 1.88. The Bertz CT molecular complexity index is 465. The molecule has 0 aliphatic rings. The fraction of sp³-hybridized carbons (Fsp3) is 0. The second kappa shape index (κ2) is 7.61. The van der Waals surface area contributed by atoms with Crippen molar-refractivity contribution >= 4 is 74.2 Å². The van der Waals surface area contributed by atoms with Crippen LogP contribution in [-0.2, 0) is 0 Å². The van der Waals surface area contributed by atoms with Crippen LogP contribution < -0.4 is 5.73 Å². The van der Waals surface area contributed by atoms with Gasteiger partial charge in [0.05, 0.1) is 5.02 Å². The SMILES string of the molecule is Fc1nccc(I)c1Cl.Nc1nccc(I)c1Cl. The van der Waals surface area contributed by atoms with E-state index >= 15 is 0 Å². The zero-order valence-electron chi connectivity index (χ0n) is 8.67. The Morgan fingerprint density at radius 2 is 1.50 bits per heavy atom. The van der Waals surface area contributed by atoms with E-state index in [9.17, 15) is 4.39 Å². The van der Waals surface area contributed by atoms with Gasteiger partial charge in [0, 0.05) is 19.5 Å². The first kappa shape index (κ1) is 16.1. The van der Waals surface area contributed by atoms with Crippen molar-refractivity contribution in [3.05, 3.63) is 47.7 Å². The minimum Gasteiger partial charge on any atom is -0.382 e. The zero-order valence-corrected chi connectivity index (χ0v) is 14.5. The summed E-state index contributed by atoms with van der Waals surface area (Å²) in [5.41, 5.74) is 5.37. The van der Waals surface area contributed by atoms with Crippen molar-refractivity contribution in [3.63, 3.8) is 0 Å². The van der Waals surface area contributed by atoms with Gasteiger partial charge < -0.3 is 5.73 Å². The topological polar surface area (TPSA) is 51.8 Å². The van der Waals surface area contributed by atoms with Crippen LogP contribution in [0.5, 0.6) is 0 Å². The van der Waals surface area contributed by atoms with Gasteiger partial charge in [0.2, 0.25) is 5.95 Å². The molecule has 0 spiro atoms. The molecule has 0 radical (unpaired) electrons. The predicted molar refractivity (Wildman–Crippen MR) is 88.3 cm³/mol. The molecule has 0 aliphatic heterocycles. The molecule has 96 valence electrons. The number of hydrogen-bond acceptors (Lipinski definition) is 3. The van der Waals surface area contributed by atoms with Crippen molar-refractivity contribution in [1.82, 2.24) is 9.97 Å². The third-order valence-electron chi connectivity index (χ3n) is 1.67. The molecule has 0 saturated carbocycles. The monoisotopic (exact) mass is 511 g/mol. The lowest BCUT2D eigenvalue weighted by Gasteiger charge is -1.95. The smallest absolute Gasteiger partial charge is 0.232 e. The van der Waals surface area contributed by atoms with E-state index < -0.39 is 5.95 Å². The summed E-state index contributed by atoms with van der Waals surface area (Å²) in [6.07, 6.45) is 3.01. The number of anilines is 1. The normalized spacial score (nSPS) is 9.61. The Balaban J connectivity index is 0.000000180. The molecular weight excluding hydrogens is 506 g/mol. The van der Waals surface area contributed by atoms with E-state index in [0.29, 0.717) is 14.4 Å². The minimum absolute atomic E-state index is 0.0955. The Hall–Kier alpha value is 0.0700. The second-order valence-electron chi connectivity index (χ2n) is 2.89. The highest BCUT2D eigenvalue weighted by molar-refractivity contribution is 14.1. The van der Waals surface area contributed by atoms with Crippen LogP contribution in [0.1, 0.15) is 0 Å². The zero-order chi connectivity index (χ0) is 13.7. The molecule has 0 saturated heterocycles. The summed E-state index contributed by atoms with van der Waals surface area (Å²) in [5, 5.41) is 0.635. The van der Waals surface area contributed by atoms with Crippen molar-refractivity contribution in [2.45, 2.75) is 0 Å². The third-order valence-corrected chi connectivity index (χ3v) is 4.86. The van der Waals surface area contributed by atoms with Gasteiger partial charge >= 0.3 is 0 Å². The lowest BCUT2D eigenvalue weighted by molar-refractivity contribution is 0.583. The molecule has 0 amide bonds. The van der Waals surface area contributed by atoms with Gasteiger partial charge in [-0.3, -0.25) is 0 Å². The van der Waals surface area contributed by atoms with Crippen LogP contribution in [-0.4, -0.2) is 9.97 Å². The molecule has 18 heavy (non-hydrogen) atoms. The number of hydrogen-bond donors (Lipinski definition) is 1. The van der Waals surface area contributed by atoms with Crippen molar-refractivity contribution in [2.75, 3.05) is 5.73 Å². The maximum absolute atomic E-state index is 12.3. The highest BCUT2D eigenvalue weighted by Gasteiger charge is 2.01. The number of rotatable bonds is 0. The van der Waals surface area contributed by atoms with Crippen LogP contribution in [0.2, 0.25) is 10.0 Å². The van der Waals surface area contributed by atoms with E-state index in [4.69, 9.17) is 28.9 Å². The maximum atomic E-state index is 12.3. The summed E-state index contributed by atoms with van der Waals surface area (Å²) in [5.74, 6) is -0.216. The molecule has 0 aromatic carbocycles. The van der Waals surface area contributed by atoms with Gasteiger partial charge in [-0.25, -0.2) is 9.97 Å². The number of nitrogens with two attached hydrogens (primary N) is 1. The molecule has 2 aromatic heterocycles. The van der Waals surface area contributed by atoms with Crippen LogP contribution >= 0.6 is 68.4 Å². The first-order valence-electron chi connectivity index (χ1n) is 4.44. The van der Waals surface area contributed by atoms with E-state index in [1.54, 1.807) is 18.3 Å². The van der Waals surface area contributed by atoms with Crippen molar-refractivity contribution in [2.24, 2.45) is 0 Å². The van der Waals surface area contributed by atoms with Gasteiger partial charge in [-0.1, -0.05) is 23.2 Å². The van der Waals surface area contributed by atoms with Gasteiger partial charge in [0.1, 0.15) is 10.8 Å². The summed E-state index contributed by atoms with van der Waals surface area (Å²) in [4.78, 5) is 7.12. The molecule has 8 heteroatoms. The Morgan fingerprint density at radius 1 is 1.00 bits per heavy atom. The average molecular weight is 512 g/mol. The molecule has 3 nitrogen and oxygen atoms in total. The maximum Gasteiger partial charge on any atom is 0.232 e. The first-order chi connectivity index (χ1) is 8.43. The summed E-state index contributed by atoms with van der Waals surface area (Å²) in [7, 11) is 0. The van der Waals surface area contributed by atoms with Gasteiger partial charge in [-0.15, -0.1) is 0 Å². The first-order valence-corrected chi connectivity index (χ1v) is 7.35. The summed E-state index contributed by atoms with van der Waals surface area (Å²) < 4.78 is 13.9. The van der Waals surface area contributed by atoms with Crippen LogP contribution in [0.25, 0.3) is 0 Å². The van der Waals surface area contributed by atoms with Crippen molar-refractivity contribution in [3.8, 4) is 0 Å². The van der Waals surface area contributed by atoms with Crippen LogP contribution in [0.15, 0.2) is 24.5 Å². The second-order valence-corrected chi connectivity index (χ2v) is 5.97. The van der Waals surface area contributed by atoms with E-state index in [1.807, 2.05) is 22.6 Å². The van der Waals surface area contributed by atoms with Crippen LogP contribution in [0.4, 0.5) is 10.2 Å². The van der Waals surface area contributed by atoms with Gasteiger partial charge in [0.25, 0.3) is 0 Å². The van der Waals surface area contributed by atoms with E-state index in [0.717, 1.165) is 3.57 Å². The van der Waals surface area contributed by atoms with Crippen molar-refractivity contribution in [1.29, 1.82) is 0 Å². The molecule has 0 bridgehead atoms. The standard InChI is InChI=1S/C5H2ClFIN.C5H4ClIN2/c6-4-3(8)1-2-9-5(4)7;6-4-3(7)1-2-9-5(4)8/h1-2H;1-2H,(H2,8,9). The number of pyridine rings is 2. The summed E-state index contributed by atoms with van der Waals surface area (Å²) in [6, 6.07) is 3.45. The minimum atomic E-state index is -0.608. The highest BCUT2D eigenvalue weighted by Crippen LogP contribution is 2.21. The number of halogens is 5. The van der Waals surface area contributed by atoms with Gasteiger partial charge in [-0.2, -0.15) is 4.39 Å². The lowest BCUT2D eigenvalue weighted by atomic mass is 10.5. The highest BCUT2D eigenvalue weighted by atomic mass is 127. The number of aromatic nitrogens is 2. The molecule has 0 aliphatic carbocycles.